The molecular formula is C17H24N4O. The Morgan fingerprint density at radius 2 is 1.73 bits per heavy atom. The monoisotopic (exact) mass is 300 g/mol. The number of urea groups is 1. The van der Waals surface area contributed by atoms with Crippen LogP contribution in [0.3, 0.4) is 0 Å². The summed E-state index contributed by atoms with van der Waals surface area (Å²) in [4.78, 5) is 16.7. The second kappa shape index (κ2) is 7.40. The smallest absolute Gasteiger partial charge is 0.320 e. The van der Waals surface area contributed by atoms with Gasteiger partial charge in [-0.1, -0.05) is 36.8 Å². The minimum Gasteiger partial charge on any atom is -0.320 e. The molecule has 0 radical (unpaired) electrons. The van der Waals surface area contributed by atoms with Crippen LogP contribution in [0.5, 0.6) is 0 Å². The summed E-state index contributed by atoms with van der Waals surface area (Å²) in [6, 6.07) is 9.91. The van der Waals surface area contributed by atoms with Crippen molar-refractivity contribution in [3.63, 3.8) is 0 Å². The Labute approximate surface area is 132 Å². The van der Waals surface area contributed by atoms with E-state index < -0.39 is 0 Å². The average molecular weight is 300 g/mol. The van der Waals surface area contributed by atoms with Crippen molar-refractivity contribution in [3.05, 3.63) is 35.9 Å². The van der Waals surface area contributed by atoms with Crippen LogP contribution in [0, 0.1) is 0 Å². The van der Waals surface area contributed by atoms with E-state index in [0.717, 1.165) is 25.2 Å². The zero-order valence-electron chi connectivity index (χ0n) is 13.0. The van der Waals surface area contributed by atoms with Crippen molar-refractivity contribution in [3.8, 4) is 0 Å². The van der Waals surface area contributed by atoms with Crippen LogP contribution < -0.4 is 0 Å². The molecule has 0 atom stereocenters. The molecule has 3 rings (SSSR count). The molecule has 2 aliphatic heterocycles. The van der Waals surface area contributed by atoms with E-state index in [9.17, 15) is 4.79 Å². The summed E-state index contributed by atoms with van der Waals surface area (Å²) in [5, 5.41) is 5.90. The third-order valence-corrected chi connectivity index (χ3v) is 4.35. The van der Waals surface area contributed by atoms with Crippen LogP contribution in [-0.2, 0) is 0 Å². The largest absolute Gasteiger partial charge is 0.340 e. The maximum Gasteiger partial charge on any atom is 0.340 e. The van der Waals surface area contributed by atoms with Gasteiger partial charge in [0, 0.05) is 19.6 Å². The third kappa shape index (κ3) is 3.85. The van der Waals surface area contributed by atoms with Gasteiger partial charge < -0.3 is 9.80 Å². The molecule has 0 unspecified atom stereocenters. The number of piperidine rings is 1. The number of carbonyl (C=O) groups is 1. The van der Waals surface area contributed by atoms with Crippen molar-refractivity contribution in [2.45, 2.75) is 19.3 Å². The molecule has 2 heterocycles. The van der Waals surface area contributed by atoms with Crippen molar-refractivity contribution < 1.29 is 4.79 Å². The lowest BCUT2D eigenvalue weighted by atomic mass is 10.1. The number of rotatable bonds is 5. The summed E-state index contributed by atoms with van der Waals surface area (Å²) >= 11 is 0. The van der Waals surface area contributed by atoms with Gasteiger partial charge in [-0.2, -0.15) is 5.10 Å². The van der Waals surface area contributed by atoms with Crippen LogP contribution in [0.2, 0.25) is 0 Å². The van der Waals surface area contributed by atoms with Crippen LogP contribution >= 0.6 is 0 Å². The van der Waals surface area contributed by atoms with Gasteiger partial charge >= 0.3 is 6.03 Å². The first-order valence-corrected chi connectivity index (χ1v) is 8.21. The van der Waals surface area contributed by atoms with Gasteiger partial charge in [-0.05, 0) is 31.5 Å². The summed E-state index contributed by atoms with van der Waals surface area (Å²) < 4.78 is 0. The Morgan fingerprint density at radius 1 is 0.955 bits per heavy atom. The molecule has 0 saturated carbocycles. The fourth-order valence-electron chi connectivity index (χ4n) is 3.01. The molecule has 0 N–H and O–H groups in total. The van der Waals surface area contributed by atoms with Gasteiger partial charge in [-0.25, -0.2) is 9.80 Å². The molecule has 2 saturated heterocycles. The zero-order valence-corrected chi connectivity index (χ0v) is 13.0. The number of hydrazone groups is 1. The van der Waals surface area contributed by atoms with E-state index in [1.165, 1.54) is 32.4 Å². The van der Waals surface area contributed by atoms with Crippen molar-refractivity contribution >= 4 is 12.2 Å². The predicted octanol–water partition coefficient (Wildman–Crippen LogP) is 2.24. The molecule has 5 nitrogen and oxygen atoms in total. The van der Waals surface area contributed by atoms with Crippen LogP contribution in [0.1, 0.15) is 24.8 Å². The van der Waals surface area contributed by atoms with Crippen molar-refractivity contribution in [2.75, 3.05) is 39.3 Å². The van der Waals surface area contributed by atoms with Gasteiger partial charge in [0.15, 0.2) is 0 Å². The first kappa shape index (κ1) is 15.0. The minimum absolute atomic E-state index is 0.0317. The average Bonchev–Trinajstić information content (AvgIpc) is 2.93. The lowest BCUT2D eigenvalue weighted by Gasteiger charge is -2.28. The SMILES string of the molecule is O=C1N(CCN2CCCCC2)CCN1/N=C/c1ccccc1. The predicted molar refractivity (Wildman–Crippen MR) is 88.0 cm³/mol. The quantitative estimate of drug-likeness (QED) is 0.782. The summed E-state index contributed by atoms with van der Waals surface area (Å²) in [6.45, 7) is 5.62. The number of hydrogen-bond donors (Lipinski definition) is 0. The molecular weight excluding hydrogens is 276 g/mol. The van der Waals surface area contributed by atoms with Crippen molar-refractivity contribution in [2.24, 2.45) is 5.10 Å². The molecule has 1 aromatic rings. The first-order chi connectivity index (χ1) is 10.8. The van der Waals surface area contributed by atoms with E-state index in [1.807, 2.05) is 35.2 Å². The van der Waals surface area contributed by atoms with Crippen LogP contribution in [0.4, 0.5) is 4.79 Å². The van der Waals surface area contributed by atoms with E-state index >= 15 is 0 Å². The normalized spacial score (nSPS) is 20.3. The highest BCUT2D eigenvalue weighted by Crippen LogP contribution is 2.12. The maximum atomic E-state index is 12.3. The zero-order chi connectivity index (χ0) is 15.2. The number of benzene rings is 1. The topological polar surface area (TPSA) is 39.2 Å². The highest BCUT2D eigenvalue weighted by molar-refractivity contribution is 5.82. The molecule has 2 amide bonds. The van der Waals surface area contributed by atoms with E-state index in [0.29, 0.717) is 6.54 Å². The molecule has 0 aromatic heterocycles. The molecule has 2 fully saturated rings. The summed E-state index contributed by atoms with van der Waals surface area (Å²) in [5.74, 6) is 0. The van der Waals surface area contributed by atoms with Gasteiger partial charge in [0.25, 0.3) is 0 Å². The Bertz CT molecular complexity index is 511. The van der Waals surface area contributed by atoms with Gasteiger partial charge in [-0.15, -0.1) is 0 Å². The van der Waals surface area contributed by atoms with E-state index in [-0.39, 0.29) is 6.03 Å². The molecule has 0 aliphatic carbocycles. The summed E-state index contributed by atoms with van der Waals surface area (Å²) in [5.41, 5.74) is 1.02. The summed E-state index contributed by atoms with van der Waals surface area (Å²) in [7, 11) is 0. The second-order valence-corrected chi connectivity index (χ2v) is 5.95. The molecule has 2 aliphatic rings. The first-order valence-electron chi connectivity index (χ1n) is 8.21. The third-order valence-electron chi connectivity index (χ3n) is 4.35. The molecule has 1 aromatic carbocycles. The fourth-order valence-corrected chi connectivity index (χ4v) is 3.01. The van der Waals surface area contributed by atoms with E-state index in [1.54, 1.807) is 11.2 Å². The molecule has 118 valence electrons. The fraction of sp³-hybridized carbons (Fsp3) is 0.529. The highest BCUT2D eigenvalue weighted by atomic mass is 16.2. The van der Waals surface area contributed by atoms with E-state index in [4.69, 9.17) is 0 Å². The number of amides is 2. The van der Waals surface area contributed by atoms with E-state index in [2.05, 4.69) is 10.0 Å². The van der Waals surface area contributed by atoms with Gasteiger partial charge in [-0.3, -0.25) is 0 Å². The number of nitrogens with zero attached hydrogens (tertiary/aromatic N) is 4. The number of likely N-dealkylation sites (tertiary alicyclic amines) is 1. The van der Waals surface area contributed by atoms with Gasteiger partial charge in [0.05, 0.1) is 12.8 Å². The Kier molecular flexibility index (Phi) is 5.06. The highest BCUT2D eigenvalue weighted by Gasteiger charge is 2.28. The van der Waals surface area contributed by atoms with Gasteiger partial charge in [0.1, 0.15) is 0 Å². The van der Waals surface area contributed by atoms with Crippen molar-refractivity contribution in [1.29, 1.82) is 0 Å². The molecule has 22 heavy (non-hydrogen) atoms. The Balaban J connectivity index is 1.48. The summed E-state index contributed by atoms with van der Waals surface area (Å²) in [6.07, 6.45) is 5.69. The van der Waals surface area contributed by atoms with Crippen molar-refractivity contribution in [1.82, 2.24) is 14.8 Å². The standard InChI is InChI=1S/C17H24N4O/c22-17-20(12-11-19-9-5-2-6-10-19)13-14-21(17)18-15-16-7-3-1-4-8-16/h1,3-4,7-8,15H,2,5-6,9-14H2/b18-15+. The number of carbonyl (C=O) groups excluding carboxylic acids is 1. The maximum absolute atomic E-state index is 12.3. The lowest BCUT2D eigenvalue weighted by molar-refractivity contribution is 0.176. The van der Waals surface area contributed by atoms with Crippen LogP contribution in [-0.4, -0.2) is 66.3 Å². The van der Waals surface area contributed by atoms with Crippen LogP contribution in [0.25, 0.3) is 0 Å². The molecule has 0 bridgehead atoms. The van der Waals surface area contributed by atoms with Crippen LogP contribution in [0.15, 0.2) is 35.4 Å². The lowest BCUT2D eigenvalue weighted by Crippen LogP contribution is -2.39. The molecule has 0 spiro atoms. The minimum atomic E-state index is 0.0317. The molecule has 5 heteroatoms. The Hall–Kier alpha value is -1.88. The van der Waals surface area contributed by atoms with Gasteiger partial charge in [0.2, 0.25) is 0 Å². The Morgan fingerprint density at radius 3 is 2.50 bits per heavy atom. The number of hydrogen-bond acceptors (Lipinski definition) is 3. The second-order valence-electron chi connectivity index (χ2n) is 5.95.